The van der Waals surface area contributed by atoms with E-state index in [0.29, 0.717) is 16.1 Å². The molecular weight excluding hydrogens is 267 g/mol. The van der Waals surface area contributed by atoms with Gasteiger partial charge in [-0.1, -0.05) is 77.8 Å². The summed E-state index contributed by atoms with van der Waals surface area (Å²) < 4.78 is 0. The molecule has 4 heteroatoms. The largest absolute Gasteiger partial charge is 0.216 e. The molecule has 2 rings (SSSR count). The molecule has 1 aromatic heterocycles. The molecule has 0 unspecified atom stereocenters. The summed E-state index contributed by atoms with van der Waals surface area (Å²) in [5.41, 5.74) is 0.843. The molecule has 0 bridgehead atoms. The van der Waals surface area contributed by atoms with Crippen molar-refractivity contribution in [1.82, 2.24) is 9.97 Å². The van der Waals surface area contributed by atoms with Crippen LogP contribution in [0.3, 0.4) is 0 Å². The fraction of sp³-hybridized carbons (Fsp3) is 0. The minimum Gasteiger partial charge on any atom is -0.216 e. The van der Waals surface area contributed by atoms with Crippen molar-refractivity contribution < 1.29 is 0 Å². The Balaban J connectivity index is 2.56. The van der Waals surface area contributed by atoms with Crippen LogP contribution in [-0.4, -0.2) is 9.97 Å². The third kappa shape index (κ3) is 3.69. The second-order valence-electron chi connectivity index (χ2n) is 3.47. The minimum atomic E-state index is 0.329. The molecule has 90 valence electrons. The molecular formula is C14H10Cl2N2. The predicted octanol–water partition coefficient (Wildman–Crippen LogP) is 4.57. The summed E-state index contributed by atoms with van der Waals surface area (Å²) >= 11 is 11.7. The van der Waals surface area contributed by atoms with Crippen LogP contribution in [0.4, 0.5) is 0 Å². The summed E-state index contributed by atoms with van der Waals surface area (Å²) in [5, 5.41) is 0.659. The van der Waals surface area contributed by atoms with E-state index in [1.54, 1.807) is 0 Å². The quantitative estimate of drug-likeness (QED) is 0.713. The standard InChI is InChI=1S/C14H10Cl2N2/c15-12-10-13(16)18-14(17-12)11-8-6-4-2-1-3-5-7-9-11/h1-10H. The van der Waals surface area contributed by atoms with Crippen LogP contribution in [0.5, 0.6) is 0 Å². The second kappa shape index (κ2) is 6.34. The van der Waals surface area contributed by atoms with Crippen molar-refractivity contribution >= 4 is 23.2 Å². The Morgan fingerprint density at radius 1 is 0.667 bits per heavy atom. The first-order valence-corrected chi connectivity index (χ1v) is 6.10. The highest BCUT2D eigenvalue weighted by Gasteiger charge is 2.02. The zero-order valence-electron chi connectivity index (χ0n) is 9.42. The molecule has 0 radical (unpaired) electrons. The van der Waals surface area contributed by atoms with Crippen LogP contribution in [0.15, 0.2) is 60.7 Å². The lowest BCUT2D eigenvalue weighted by Gasteiger charge is -1.99. The van der Waals surface area contributed by atoms with Crippen LogP contribution in [-0.2, 0) is 0 Å². The molecule has 0 saturated heterocycles. The first-order valence-electron chi connectivity index (χ1n) is 5.34. The van der Waals surface area contributed by atoms with Crippen LogP contribution >= 0.6 is 23.2 Å². The molecule has 0 spiro atoms. The maximum absolute atomic E-state index is 5.87. The Morgan fingerprint density at radius 2 is 1.11 bits per heavy atom. The molecule has 2 nitrogen and oxygen atoms in total. The highest BCUT2D eigenvalue weighted by atomic mass is 35.5. The highest BCUT2D eigenvalue weighted by molar-refractivity contribution is 6.33. The van der Waals surface area contributed by atoms with E-state index in [1.165, 1.54) is 6.07 Å². The highest BCUT2D eigenvalue weighted by Crippen LogP contribution is 2.18. The van der Waals surface area contributed by atoms with Crippen molar-refractivity contribution in [2.75, 3.05) is 0 Å². The summed E-state index contributed by atoms with van der Waals surface area (Å²) in [6.07, 6.45) is 0. The van der Waals surface area contributed by atoms with Crippen LogP contribution in [0.1, 0.15) is 0 Å². The Bertz CT molecular complexity index is 554. The molecule has 0 fully saturated rings. The average molecular weight is 277 g/mol. The number of nitrogens with zero attached hydrogens (tertiary/aromatic N) is 2. The van der Waals surface area contributed by atoms with Crippen molar-refractivity contribution in [3.8, 4) is 11.4 Å². The summed E-state index contributed by atoms with van der Waals surface area (Å²) in [7, 11) is 0. The Hall–Kier alpha value is -1.64. The van der Waals surface area contributed by atoms with Gasteiger partial charge in [0.1, 0.15) is 10.3 Å². The summed E-state index contributed by atoms with van der Waals surface area (Å²) in [6.45, 7) is 0. The van der Waals surface area contributed by atoms with Crippen molar-refractivity contribution in [2.45, 2.75) is 0 Å². The van der Waals surface area contributed by atoms with Gasteiger partial charge in [-0.15, -0.1) is 0 Å². The number of aromatic nitrogens is 2. The summed E-state index contributed by atoms with van der Waals surface area (Å²) in [6, 6.07) is 18.8. The fourth-order valence-electron chi connectivity index (χ4n) is 1.36. The fourth-order valence-corrected chi connectivity index (χ4v) is 1.79. The molecule has 0 N–H and O–H groups in total. The van der Waals surface area contributed by atoms with Gasteiger partial charge in [0.15, 0.2) is 5.82 Å². The van der Waals surface area contributed by atoms with Crippen molar-refractivity contribution in [3.05, 3.63) is 71.0 Å². The maximum atomic E-state index is 5.87. The molecule has 1 heterocycles. The van der Waals surface area contributed by atoms with Gasteiger partial charge >= 0.3 is 0 Å². The molecule has 2 aromatic rings. The minimum absolute atomic E-state index is 0.329. The molecule has 0 aliphatic rings. The molecule has 1 aromatic carbocycles. The second-order valence-corrected chi connectivity index (χ2v) is 4.25. The molecule has 18 heavy (non-hydrogen) atoms. The van der Waals surface area contributed by atoms with E-state index in [9.17, 15) is 0 Å². The van der Waals surface area contributed by atoms with Gasteiger partial charge in [0, 0.05) is 11.6 Å². The van der Waals surface area contributed by atoms with Gasteiger partial charge in [-0.2, -0.15) is 0 Å². The van der Waals surface area contributed by atoms with Crippen molar-refractivity contribution in [2.24, 2.45) is 0 Å². The number of hydrogen-bond donors (Lipinski definition) is 0. The third-order valence-corrected chi connectivity index (χ3v) is 2.53. The number of rotatable bonds is 1. The monoisotopic (exact) mass is 276 g/mol. The zero-order valence-corrected chi connectivity index (χ0v) is 10.9. The molecule has 0 saturated carbocycles. The molecule has 0 atom stereocenters. The smallest absolute Gasteiger partial charge is 0.162 e. The lowest BCUT2D eigenvalue weighted by molar-refractivity contribution is 1.18. The van der Waals surface area contributed by atoms with Crippen LogP contribution in [0.2, 0.25) is 10.3 Å². The van der Waals surface area contributed by atoms with E-state index in [4.69, 9.17) is 23.2 Å². The van der Waals surface area contributed by atoms with E-state index in [-0.39, 0.29) is 0 Å². The van der Waals surface area contributed by atoms with Gasteiger partial charge in [0.25, 0.3) is 0 Å². The van der Waals surface area contributed by atoms with E-state index < -0.39 is 0 Å². The summed E-state index contributed by atoms with van der Waals surface area (Å²) in [5.74, 6) is 0.506. The third-order valence-electron chi connectivity index (χ3n) is 2.14. The van der Waals surface area contributed by atoms with Gasteiger partial charge in [0.05, 0.1) is 0 Å². The lowest BCUT2D eigenvalue weighted by Crippen LogP contribution is -1.88. The van der Waals surface area contributed by atoms with Crippen LogP contribution in [0, 0.1) is 0 Å². The normalized spacial score (nSPS) is 9.67. The zero-order chi connectivity index (χ0) is 12.8. The van der Waals surface area contributed by atoms with E-state index >= 15 is 0 Å². The van der Waals surface area contributed by atoms with Gasteiger partial charge in [-0.3, -0.25) is 0 Å². The maximum Gasteiger partial charge on any atom is 0.162 e. The van der Waals surface area contributed by atoms with Crippen molar-refractivity contribution in [3.63, 3.8) is 0 Å². The van der Waals surface area contributed by atoms with Gasteiger partial charge < -0.3 is 0 Å². The Morgan fingerprint density at radius 3 is 1.61 bits per heavy atom. The molecule has 0 amide bonds. The van der Waals surface area contributed by atoms with E-state index in [0.717, 1.165) is 5.56 Å². The lowest BCUT2D eigenvalue weighted by atomic mass is 10.2. The van der Waals surface area contributed by atoms with Gasteiger partial charge in [-0.25, -0.2) is 9.97 Å². The van der Waals surface area contributed by atoms with Crippen molar-refractivity contribution in [1.29, 1.82) is 0 Å². The Kier molecular flexibility index (Phi) is 4.51. The molecule has 0 aliphatic carbocycles. The topological polar surface area (TPSA) is 25.8 Å². The summed E-state index contributed by atoms with van der Waals surface area (Å²) in [4.78, 5) is 8.32. The first-order chi connectivity index (χ1) is 8.75. The van der Waals surface area contributed by atoms with Gasteiger partial charge in [-0.05, 0) is 0 Å². The van der Waals surface area contributed by atoms with E-state index in [1.807, 2.05) is 54.6 Å². The SMILES string of the molecule is Clc1cc(Cl)nc(-c2ccccccccc2)n1. The number of hydrogen-bond acceptors (Lipinski definition) is 2. The first kappa shape index (κ1) is 12.8. The van der Waals surface area contributed by atoms with Crippen LogP contribution < -0.4 is 0 Å². The Labute approximate surface area is 116 Å². The number of halogens is 2. The van der Waals surface area contributed by atoms with E-state index in [2.05, 4.69) is 9.97 Å². The van der Waals surface area contributed by atoms with Crippen LogP contribution in [0.25, 0.3) is 11.4 Å². The predicted molar refractivity (Wildman–Crippen MR) is 75.1 cm³/mol. The average Bonchev–Trinajstić information content (AvgIpc) is 2.34. The van der Waals surface area contributed by atoms with Gasteiger partial charge in [0.2, 0.25) is 0 Å². The molecule has 0 aliphatic heterocycles.